The predicted molar refractivity (Wildman–Crippen MR) is 107 cm³/mol. The molecule has 0 bridgehead atoms. The summed E-state index contributed by atoms with van der Waals surface area (Å²) in [7, 11) is -3.27. The van der Waals surface area contributed by atoms with Crippen LogP contribution < -0.4 is 14.4 Å². The molecule has 0 aliphatic carbocycles. The molecule has 1 N–H and O–H groups in total. The molecule has 3 rings (SSSR count). The maximum absolute atomic E-state index is 12.5. The first-order chi connectivity index (χ1) is 12.9. The van der Waals surface area contributed by atoms with Crippen LogP contribution in [0.4, 0.5) is 11.4 Å². The van der Waals surface area contributed by atoms with Gasteiger partial charge in [0.05, 0.1) is 18.0 Å². The number of amides is 1. The van der Waals surface area contributed by atoms with Gasteiger partial charge in [-0.15, -0.1) is 0 Å². The first-order valence-corrected chi connectivity index (χ1v) is 10.7. The summed E-state index contributed by atoms with van der Waals surface area (Å²) in [4.78, 5) is 12.5. The summed E-state index contributed by atoms with van der Waals surface area (Å²) in [5.41, 5.74) is 2.57. The van der Waals surface area contributed by atoms with Crippen molar-refractivity contribution in [1.82, 2.24) is 0 Å². The van der Waals surface area contributed by atoms with E-state index in [0.717, 1.165) is 17.7 Å². The molecule has 0 unspecified atom stereocenters. The highest BCUT2D eigenvalue weighted by molar-refractivity contribution is 7.92. The summed E-state index contributed by atoms with van der Waals surface area (Å²) >= 11 is 0. The Morgan fingerprint density at radius 2 is 1.89 bits per heavy atom. The van der Waals surface area contributed by atoms with Crippen molar-refractivity contribution < 1.29 is 17.9 Å². The van der Waals surface area contributed by atoms with Crippen molar-refractivity contribution >= 4 is 27.3 Å². The molecule has 144 valence electrons. The van der Waals surface area contributed by atoms with Crippen molar-refractivity contribution in [3.63, 3.8) is 0 Å². The van der Waals surface area contributed by atoms with Crippen LogP contribution in [0.3, 0.4) is 0 Å². The van der Waals surface area contributed by atoms with E-state index in [1.54, 1.807) is 42.5 Å². The van der Waals surface area contributed by atoms with Gasteiger partial charge in [-0.1, -0.05) is 0 Å². The van der Waals surface area contributed by atoms with Gasteiger partial charge in [0, 0.05) is 17.8 Å². The summed E-state index contributed by atoms with van der Waals surface area (Å²) in [6, 6.07) is 12.3. The molecular weight excluding hydrogens is 364 g/mol. The Morgan fingerprint density at radius 1 is 1.15 bits per heavy atom. The minimum absolute atomic E-state index is 0.173. The van der Waals surface area contributed by atoms with Crippen molar-refractivity contribution in [1.29, 1.82) is 0 Å². The zero-order valence-electron chi connectivity index (χ0n) is 15.6. The molecule has 6 nitrogen and oxygen atoms in total. The van der Waals surface area contributed by atoms with Crippen molar-refractivity contribution in [3.05, 3.63) is 53.6 Å². The molecule has 0 saturated carbocycles. The number of nitrogens with one attached hydrogen (secondary N) is 1. The lowest BCUT2D eigenvalue weighted by molar-refractivity contribution is 0.102. The first kappa shape index (κ1) is 19.2. The molecule has 0 aromatic heterocycles. The van der Waals surface area contributed by atoms with Gasteiger partial charge in [0.15, 0.2) is 0 Å². The Balaban J connectivity index is 1.75. The Labute approximate surface area is 160 Å². The molecular formula is C20H24N2O4S. The van der Waals surface area contributed by atoms with E-state index in [-0.39, 0.29) is 11.7 Å². The number of carbonyl (C=O) groups excluding carboxylic acids is 1. The van der Waals surface area contributed by atoms with Crippen LogP contribution in [-0.2, 0) is 10.0 Å². The van der Waals surface area contributed by atoms with Gasteiger partial charge < -0.3 is 10.1 Å². The fraction of sp³-hybridized carbons (Fsp3) is 0.350. The molecule has 1 saturated heterocycles. The number of hydrogen-bond acceptors (Lipinski definition) is 4. The minimum Gasteiger partial charge on any atom is -0.494 e. The monoisotopic (exact) mass is 388 g/mol. The zero-order valence-corrected chi connectivity index (χ0v) is 16.4. The third-order valence-electron chi connectivity index (χ3n) is 4.50. The largest absolute Gasteiger partial charge is 0.494 e. The second kappa shape index (κ2) is 8.00. The van der Waals surface area contributed by atoms with Gasteiger partial charge >= 0.3 is 0 Å². The van der Waals surface area contributed by atoms with E-state index in [1.807, 2.05) is 13.8 Å². The van der Waals surface area contributed by atoms with Crippen molar-refractivity contribution in [3.8, 4) is 5.75 Å². The predicted octanol–water partition coefficient (Wildman–Crippen LogP) is 3.58. The lowest BCUT2D eigenvalue weighted by atomic mass is 10.1. The van der Waals surface area contributed by atoms with Crippen LogP contribution in [0.25, 0.3) is 0 Å². The van der Waals surface area contributed by atoms with Gasteiger partial charge in [-0.2, -0.15) is 0 Å². The molecule has 0 atom stereocenters. The third-order valence-corrected chi connectivity index (χ3v) is 6.36. The number of aryl methyl sites for hydroxylation is 1. The average molecular weight is 388 g/mol. The Hall–Kier alpha value is -2.54. The van der Waals surface area contributed by atoms with Crippen molar-refractivity contribution in [2.75, 3.05) is 28.5 Å². The Morgan fingerprint density at radius 3 is 2.52 bits per heavy atom. The van der Waals surface area contributed by atoms with Crippen LogP contribution in [0.2, 0.25) is 0 Å². The number of sulfonamides is 1. The highest BCUT2D eigenvalue weighted by atomic mass is 32.2. The third kappa shape index (κ3) is 4.42. The number of ether oxygens (including phenoxy) is 1. The number of benzene rings is 2. The normalized spacial score (nSPS) is 16.0. The smallest absolute Gasteiger partial charge is 0.255 e. The number of nitrogens with zero attached hydrogens (tertiary/aromatic N) is 1. The van der Waals surface area contributed by atoms with Gasteiger partial charge in [0.1, 0.15) is 5.75 Å². The molecule has 1 heterocycles. The first-order valence-electron chi connectivity index (χ1n) is 9.06. The number of anilines is 2. The summed E-state index contributed by atoms with van der Waals surface area (Å²) in [5, 5.41) is 2.84. The Bertz CT molecular complexity index is 923. The van der Waals surface area contributed by atoms with Gasteiger partial charge in [-0.25, -0.2) is 8.42 Å². The number of rotatable bonds is 5. The van der Waals surface area contributed by atoms with Crippen LogP contribution in [0.1, 0.15) is 35.7 Å². The van der Waals surface area contributed by atoms with Crippen LogP contribution >= 0.6 is 0 Å². The van der Waals surface area contributed by atoms with Crippen LogP contribution in [-0.4, -0.2) is 33.2 Å². The fourth-order valence-electron chi connectivity index (χ4n) is 3.14. The van der Waals surface area contributed by atoms with Crippen molar-refractivity contribution in [2.45, 2.75) is 26.7 Å². The maximum Gasteiger partial charge on any atom is 0.255 e. The van der Waals surface area contributed by atoms with E-state index in [0.29, 0.717) is 36.5 Å². The number of hydrogen-bond donors (Lipinski definition) is 1. The zero-order chi connectivity index (χ0) is 19.4. The van der Waals surface area contributed by atoms with E-state index >= 15 is 0 Å². The lowest BCUT2D eigenvalue weighted by Gasteiger charge is -2.29. The van der Waals surface area contributed by atoms with E-state index < -0.39 is 10.0 Å². The molecule has 7 heteroatoms. The Kier molecular flexibility index (Phi) is 5.70. The molecule has 1 aliphatic heterocycles. The standard InChI is InChI=1S/C20H24N2O4S/c1-3-26-18-9-7-17(8-10-18)21-20(23)16-6-11-19(15(2)14-16)22-12-4-5-13-27(22,24)25/h6-11,14H,3-5,12-13H2,1-2H3,(H,21,23). The second-order valence-corrected chi connectivity index (χ2v) is 8.52. The summed E-state index contributed by atoms with van der Waals surface area (Å²) in [5.74, 6) is 0.681. The highest BCUT2D eigenvalue weighted by Gasteiger charge is 2.27. The van der Waals surface area contributed by atoms with E-state index in [1.165, 1.54) is 4.31 Å². The van der Waals surface area contributed by atoms with Gasteiger partial charge in [-0.3, -0.25) is 9.10 Å². The summed E-state index contributed by atoms with van der Waals surface area (Å²) in [6.45, 7) is 4.81. The quantitative estimate of drug-likeness (QED) is 0.849. The van der Waals surface area contributed by atoms with Crippen LogP contribution in [0, 0.1) is 6.92 Å². The molecule has 1 amide bonds. The van der Waals surface area contributed by atoms with E-state index in [4.69, 9.17) is 4.74 Å². The molecule has 0 radical (unpaired) electrons. The van der Waals surface area contributed by atoms with E-state index in [9.17, 15) is 13.2 Å². The van der Waals surface area contributed by atoms with Gasteiger partial charge in [0.2, 0.25) is 10.0 Å². The number of carbonyl (C=O) groups is 1. The summed E-state index contributed by atoms with van der Waals surface area (Å²) < 4.78 is 31.5. The lowest BCUT2D eigenvalue weighted by Crippen LogP contribution is -2.38. The van der Waals surface area contributed by atoms with Gasteiger partial charge in [-0.05, 0) is 74.7 Å². The van der Waals surface area contributed by atoms with Crippen LogP contribution in [0.15, 0.2) is 42.5 Å². The van der Waals surface area contributed by atoms with Crippen LogP contribution in [0.5, 0.6) is 5.75 Å². The maximum atomic E-state index is 12.5. The SMILES string of the molecule is CCOc1ccc(NC(=O)c2ccc(N3CCCCS3(=O)=O)c(C)c2)cc1. The van der Waals surface area contributed by atoms with E-state index in [2.05, 4.69) is 5.32 Å². The fourth-order valence-corrected chi connectivity index (χ4v) is 4.84. The molecule has 27 heavy (non-hydrogen) atoms. The minimum atomic E-state index is -3.27. The molecule has 1 aliphatic rings. The molecule has 1 fully saturated rings. The van der Waals surface area contributed by atoms with Gasteiger partial charge in [0.25, 0.3) is 5.91 Å². The second-order valence-electron chi connectivity index (χ2n) is 6.51. The highest BCUT2D eigenvalue weighted by Crippen LogP contribution is 2.28. The topological polar surface area (TPSA) is 75.7 Å². The van der Waals surface area contributed by atoms with Crippen molar-refractivity contribution in [2.24, 2.45) is 0 Å². The summed E-state index contributed by atoms with van der Waals surface area (Å²) in [6.07, 6.45) is 1.54. The molecule has 2 aromatic carbocycles. The molecule has 2 aromatic rings. The average Bonchev–Trinajstić information content (AvgIpc) is 2.63. The molecule has 0 spiro atoms.